The molecule has 0 heterocycles. The van der Waals surface area contributed by atoms with Gasteiger partial charge in [0.1, 0.15) is 0 Å². The van der Waals surface area contributed by atoms with Crippen LogP contribution in [-0.4, -0.2) is 11.8 Å². The van der Waals surface area contributed by atoms with E-state index in [1.165, 1.54) is 0 Å². The van der Waals surface area contributed by atoms with Crippen molar-refractivity contribution >= 4 is 29.1 Å². The van der Waals surface area contributed by atoms with Gasteiger partial charge in [0.2, 0.25) is 5.91 Å². The van der Waals surface area contributed by atoms with Gasteiger partial charge in [0, 0.05) is 5.69 Å². The minimum absolute atomic E-state index is 0.190. The molecule has 0 unspecified atom stereocenters. The third-order valence-electron chi connectivity index (χ3n) is 2.86. The highest BCUT2D eigenvalue weighted by Gasteiger charge is 2.09. The summed E-state index contributed by atoms with van der Waals surface area (Å²) >= 11 is 5.97. The summed E-state index contributed by atoms with van der Waals surface area (Å²) in [5, 5.41) is 3.14. The molecule has 2 aromatic carbocycles. The zero-order valence-electron chi connectivity index (χ0n) is 11.1. The van der Waals surface area contributed by atoms with Crippen molar-refractivity contribution in [2.45, 2.75) is 6.42 Å². The van der Waals surface area contributed by atoms with Crippen molar-refractivity contribution in [2.24, 2.45) is 5.84 Å². The smallest absolute Gasteiger partial charge is 0.257 e. The molecule has 0 aliphatic heterocycles. The van der Waals surface area contributed by atoms with Gasteiger partial charge in [0.15, 0.2) is 0 Å². The number of anilines is 1. The highest BCUT2D eigenvalue weighted by atomic mass is 35.5. The monoisotopic (exact) mass is 303 g/mol. The molecule has 0 radical (unpaired) electrons. The lowest BCUT2D eigenvalue weighted by atomic mass is 10.1. The molecule has 0 aliphatic rings. The van der Waals surface area contributed by atoms with Crippen molar-refractivity contribution in [1.82, 2.24) is 5.43 Å². The lowest BCUT2D eigenvalue weighted by Crippen LogP contribution is -2.31. The minimum atomic E-state index is -0.284. The van der Waals surface area contributed by atoms with Gasteiger partial charge in [0.05, 0.1) is 17.0 Å². The minimum Gasteiger partial charge on any atom is -0.322 e. The van der Waals surface area contributed by atoms with Gasteiger partial charge in [-0.1, -0.05) is 35.9 Å². The summed E-state index contributed by atoms with van der Waals surface area (Å²) in [6, 6.07) is 13.7. The van der Waals surface area contributed by atoms with Crippen LogP contribution in [0.15, 0.2) is 48.5 Å². The molecule has 6 heteroatoms. The number of nitrogens with two attached hydrogens (primary N) is 1. The van der Waals surface area contributed by atoms with E-state index in [-0.39, 0.29) is 18.2 Å². The van der Waals surface area contributed by atoms with E-state index in [0.29, 0.717) is 16.3 Å². The standard InChI is InChI=1S/C15H14ClN3O2/c16-13-4-2-1-3-12(13)15(21)18-11-7-5-10(6-8-11)9-14(20)19-17/h1-8H,9,17H2,(H,18,21)(H,19,20). The van der Waals surface area contributed by atoms with Crippen molar-refractivity contribution in [3.05, 3.63) is 64.7 Å². The van der Waals surface area contributed by atoms with Crippen molar-refractivity contribution in [3.63, 3.8) is 0 Å². The van der Waals surface area contributed by atoms with Gasteiger partial charge < -0.3 is 5.32 Å². The Morgan fingerprint density at radius 2 is 1.71 bits per heavy atom. The fourth-order valence-electron chi connectivity index (χ4n) is 1.79. The van der Waals surface area contributed by atoms with Crippen LogP contribution in [0.2, 0.25) is 5.02 Å². The Balaban J connectivity index is 2.05. The molecule has 4 N–H and O–H groups in total. The number of amides is 2. The first-order valence-electron chi connectivity index (χ1n) is 6.24. The molecule has 0 aromatic heterocycles. The molecule has 108 valence electrons. The zero-order valence-corrected chi connectivity index (χ0v) is 11.9. The third-order valence-corrected chi connectivity index (χ3v) is 3.19. The van der Waals surface area contributed by atoms with Gasteiger partial charge in [-0.3, -0.25) is 15.0 Å². The van der Waals surface area contributed by atoms with Gasteiger partial charge in [-0.05, 0) is 29.8 Å². The Morgan fingerprint density at radius 3 is 2.33 bits per heavy atom. The van der Waals surface area contributed by atoms with Gasteiger partial charge in [-0.2, -0.15) is 0 Å². The number of carbonyl (C=O) groups excluding carboxylic acids is 2. The van der Waals surface area contributed by atoms with Crippen LogP contribution in [-0.2, 0) is 11.2 Å². The van der Waals surface area contributed by atoms with E-state index < -0.39 is 0 Å². The predicted octanol–water partition coefficient (Wildman–Crippen LogP) is 2.12. The summed E-state index contributed by atoms with van der Waals surface area (Å²) < 4.78 is 0. The predicted molar refractivity (Wildman–Crippen MR) is 81.9 cm³/mol. The molecular formula is C15H14ClN3O2. The highest BCUT2D eigenvalue weighted by Crippen LogP contribution is 2.17. The van der Waals surface area contributed by atoms with E-state index in [0.717, 1.165) is 5.56 Å². The summed E-state index contributed by atoms with van der Waals surface area (Å²) in [5.41, 5.74) is 3.89. The average Bonchev–Trinajstić information content (AvgIpc) is 2.49. The van der Waals surface area contributed by atoms with Gasteiger partial charge in [0.25, 0.3) is 5.91 Å². The first kappa shape index (κ1) is 15.0. The highest BCUT2D eigenvalue weighted by molar-refractivity contribution is 6.34. The summed E-state index contributed by atoms with van der Waals surface area (Å²) in [4.78, 5) is 23.2. The normalized spacial score (nSPS) is 10.0. The summed E-state index contributed by atoms with van der Waals surface area (Å²) in [5.74, 6) is 4.47. The number of rotatable bonds is 4. The van der Waals surface area contributed by atoms with Crippen LogP contribution in [0.3, 0.4) is 0 Å². The van der Waals surface area contributed by atoms with Crippen LogP contribution in [0.5, 0.6) is 0 Å². The molecular weight excluding hydrogens is 290 g/mol. The van der Waals surface area contributed by atoms with Crippen LogP contribution in [0, 0.1) is 0 Å². The lowest BCUT2D eigenvalue weighted by molar-refractivity contribution is -0.120. The van der Waals surface area contributed by atoms with E-state index in [4.69, 9.17) is 17.4 Å². The van der Waals surface area contributed by atoms with E-state index >= 15 is 0 Å². The Bertz CT molecular complexity index is 656. The number of hydrazine groups is 1. The van der Waals surface area contributed by atoms with E-state index in [1.54, 1.807) is 48.5 Å². The molecule has 0 spiro atoms. The topological polar surface area (TPSA) is 84.2 Å². The number of hydrogen-bond donors (Lipinski definition) is 3. The van der Waals surface area contributed by atoms with Crippen molar-refractivity contribution in [3.8, 4) is 0 Å². The molecule has 2 rings (SSSR count). The Kier molecular flexibility index (Phi) is 4.92. The molecule has 0 aliphatic carbocycles. The molecule has 0 fully saturated rings. The zero-order chi connectivity index (χ0) is 15.2. The molecule has 0 bridgehead atoms. The maximum atomic E-state index is 12.1. The van der Waals surface area contributed by atoms with E-state index in [9.17, 15) is 9.59 Å². The first-order chi connectivity index (χ1) is 10.1. The molecule has 5 nitrogen and oxygen atoms in total. The van der Waals surface area contributed by atoms with Crippen LogP contribution in [0.25, 0.3) is 0 Å². The van der Waals surface area contributed by atoms with Gasteiger partial charge >= 0.3 is 0 Å². The summed E-state index contributed by atoms with van der Waals surface area (Å²) in [6.45, 7) is 0. The van der Waals surface area contributed by atoms with Crippen LogP contribution in [0.4, 0.5) is 5.69 Å². The Hall–Kier alpha value is -2.37. The van der Waals surface area contributed by atoms with Crippen molar-refractivity contribution in [2.75, 3.05) is 5.32 Å². The van der Waals surface area contributed by atoms with Crippen LogP contribution in [0.1, 0.15) is 15.9 Å². The Labute approximate surface area is 127 Å². The van der Waals surface area contributed by atoms with Crippen molar-refractivity contribution in [1.29, 1.82) is 0 Å². The maximum Gasteiger partial charge on any atom is 0.257 e. The number of halogens is 1. The largest absolute Gasteiger partial charge is 0.322 e. The molecule has 2 aromatic rings. The number of benzene rings is 2. The SMILES string of the molecule is NNC(=O)Cc1ccc(NC(=O)c2ccccc2Cl)cc1. The molecule has 0 atom stereocenters. The van der Waals surface area contributed by atoms with Crippen molar-refractivity contribution < 1.29 is 9.59 Å². The second kappa shape index (κ2) is 6.88. The number of nitrogens with one attached hydrogen (secondary N) is 2. The number of hydrogen-bond acceptors (Lipinski definition) is 3. The average molecular weight is 304 g/mol. The number of carbonyl (C=O) groups is 2. The molecule has 2 amide bonds. The summed E-state index contributed by atoms with van der Waals surface area (Å²) in [7, 11) is 0. The molecule has 21 heavy (non-hydrogen) atoms. The second-order valence-corrected chi connectivity index (χ2v) is 4.78. The molecule has 0 saturated heterocycles. The second-order valence-electron chi connectivity index (χ2n) is 4.38. The summed E-state index contributed by atoms with van der Waals surface area (Å²) in [6.07, 6.45) is 0.190. The fraction of sp³-hybridized carbons (Fsp3) is 0.0667. The third kappa shape index (κ3) is 4.05. The van der Waals surface area contributed by atoms with E-state index in [2.05, 4.69) is 10.7 Å². The van der Waals surface area contributed by atoms with Crippen LogP contribution < -0.4 is 16.6 Å². The first-order valence-corrected chi connectivity index (χ1v) is 6.62. The molecule has 0 saturated carbocycles. The van der Waals surface area contributed by atoms with Crippen LogP contribution >= 0.6 is 11.6 Å². The quantitative estimate of drug-likeness (QED) is 0.459. The van der Waals surface area contributed by atoms with Gasteiger partial charge in [-0.25, -0.2) is 5.84 Å². The fourth-order valence-corrected chi connectivity index (χ4v) is 2.01. The lowest BCUT2D eigenvalue weighted by Gasteiger charge is -2.07. The maximum absolute atomic E-state index is 12.1. The van der Waals surface area contributed by atoms with Gasteiger partial charge in [-0.15, -0.1) is 0 Å². The Morgan fingerprint density at radius 1 is 1.05 bits per heavy atom. The van der Waals surface area contributed by atoms with E-state index in [1.807, 2.05) is 0 Å².